The minimum atomic E-state index is 0.984. The molecular weight excluding hydrogens is 435 g/mol. The van der Waals surface area contributed by atoms with E-state index in [4.69, 9.17) is 20.7 Å². The molecule has 32 heavy (non-hydrogen) atoms. The first-order chi connectivity index (χ1) is 15.4. The van der Waals surface area contributed by atoms with Crippen LogP contribution in [0.4, 0.5) is 11.4 Å². The molecule has 177 valence electrons. The van der Waals surface area contributed by atoms with Crippen molar-refractivity contribution in [1.82, 2.24) is 0 Å². The van der Waals surface area contributed by atoms with Crippen LogP contribution < -0.4 is 0 Å². The molecular formula is C29H42N2Ni+. The second-order valence-corrected chi connectivity index (χ2v) is 9.50. The monoisotopic (exact) mass is 476 g/mol. The van der Waals surface area contributed by atoms with Crippen molar-refractivity contribution in [2.45, 2.75) is 99.3 Å². The molecule has 0 unspecified atom stereocenters. The molecule has 0 aliphatic carbocycles. The van der Waals surface area contributed by atoms with Crippen LogP contribution in [0.25, 0.3) is 0 Å². The average Bonchev–Trinajstić information content (AvgIpc) is 2.77. The summed E-state index contributed by atoms with van der Waals surface area (Å²) in [5.41, 5.74) is 9.72. The van der Waals surface area contributed by atoms with Gasteiger partial charge in [-0.15, -0.1) is 0 Å². The number of aliphatic imine (C=N–C) groups is 1. The summed E-state index contributed by atoms with van der Waals surface area (Å²) in [6, 6.07) is 13.1. The van der Waals surface area contributed by atoms with E-state index in [2.05, 4.69) is 77.9 Å². The molecule has 0 aliphatic rings. The van der Waals surface area contributed by atoms with E-state index in [9.17, 15) is 0 Å². The van der Waals surface area contributed by atoms with E-state index in [-0.39, 0.29) is 0 Å². The third-order valence-corrected chi connectivity index (χ3v) is 6.82. The molecule has 2 aromatic carbocycles. The summed E-state index contributed by atoms with van der Waals surface area (Å²) >= 11 is 5.65. The first-order valence-electron chi connectivity index (χ1n) is 12.4. The second-order valence-electron chi connectivity index (χ2n) is 9.06. The molecule has 0 N–H and O–H groups in total. The third-order valence-electron chi connectivity index (χ3n) is 6.29. The van der Waals surface area contributed by atoms with Gasteiger partial charge in [0, 0.05) is 0 Å². The van der Waals surface area contributed by atoms with Gasteiger partial charge in [0.2, 0.25) is 0 Å². The number of rotatable bonds is 12. The first kappa shape index (κ1) is 26.5. The van der Waals surface area contributed by atoms with Crippen molar-refractivity contribution in [3.8, 4) is 0 Å². The van der Waals surface area contributed by atoms with Gasteiger partial charge < -0.3 is 0 Å². The van der Waals surface area contributed by atoms with Crippen molar-refractivity contribution in [3.63, 3.8) is 0 Å². The summed E-state index contributed by atoms with van der Waals surface area (Å²) in [7, 11) is 0. The van der Waals surface area contributed by atoms with E-state index in [1.54, 1.807) is 0 Å². The predicted octanol–water partition coefficient (Wildman–Crippen LogP) is 8.79. The molecule has 0 aliphatic heterocycles. The zero-order valence-corrected chi connectivity index (χ0v) is 22.0. The fraction of sp³-hybridized carbons (Fsp3) is 0.517. The topological polar surface area (TPSA) is 15.4 Å². The van der Waals surface area contributed by atoms with Gasteiger partial charge in [0.25, 0.3) is 0 Å². The van der Waals surface area contributed by atoms with Crippen molar-refractivity contribution < 1.29 is 19.3 Å². The van der Waals surface area contributed by atoms with Crippen LogP contribution in [0.3, 0.4) is 0 Å². The zero-order valence-electron chi connectivity index (χ0n) is 21.0. The molecule has 0 bridgehead atoms. The van der Waals surface area contributed by atoms with Crippen LogP contribution in [0.15, 0.2) is 41.4 Å². The molecule has 0 saturated carbocycles. The van der Waals surface area contributed by atoms with E-state index < -0.39 is 0 Å². The number of unbranched alkanes of at least 4 members (excludes halogenated alkanes) is 5. The Morgan fingerprint density at radius 1 is 0.719 bits per heavy atom. The van der Waals surface area contributed by atoms with Gasteiger partial charge in [0.15, 0.2) is 0 Å². The van der Waals surface area contributed by atoms with Crippen LogP contribution >= 0.6 is 0 Å². The Balaban J connectivity index is 2.54. The quantitative estimate of drug-likeness (QED) is 0.165. The van der Waals surface area contributed by atoms with Crippen LogP contribution in [0.5, 0.6) is 0 Å². The summed E-state index contributed by atoms with van der Waals surface area (Å²) < 4.78 is 2.03. The maximum atomic E-state index is 5.65. The Morgan fingerprint density at radius 2 is 1.31 bits per heavy atom. The molecule has 0 aromatic heterocycles. The van der Waals surface area contributed by atoms with Crippen molar-refractivity contribution in [2.24, 2.45) is 4.99 Å². The molecule has 2 rings (SSSR count). The average molecular weight is 477 g/mol. The second kappa shape index (κ2) is 13.7. The molecule has 0 fully saturated rings. The standard InChI is InChI=1S/C29H42N2.Ni/c1-7-9-11-13-15-29(31-27-19-17-23(4)25(6)21-27)28(14-12-10-8-2)30-26-18-16-22(3)24(5)20-26;/h16-21H,7-15H2,1-6H3;/q;+1. The Bertz CT molecular complexity index is 940. The van der Waals surface area contributed by atoms with Gasteiger partial charge in [-0.3, -0.25) is 0 Å². The third kappa shape index (κ3) is 8.00. The van der Waals surface area contributed by atoms with Gasteiger partial charge in [-0.1, -0.05) is 0 Å². The van der Waals surface area contributed by atoms with E-state index in [0.29, 0.717) is 0 Å². The summed E-state index contributed by atoms with van der Waals surface area (Å²) in [6.07, 6.45) is 10.5. The molecule has 0 spiro atoms. The van der Waals surface area contributed by atoms with Gasteiger partial charge in [-0.05, 0) is 0 Å². The van der Waals surface area contributed by atoms with Crippen molar-refractivity contribution >= 4 is 22.8 Å². The van der Waals surface area contributed by atoms with Gasteiger partial charge >= 0.3 is 205 Å². The van der Waals surface area contributed by atoms with Crippen LogP contribution in [-0.2, 0) is 15.7 Å². The SMILES string of the molecule is CCCCCCC(=Nc1ccc(C)c(C)c1)C(CCCCC)=[N+]([Ni])c1ccc(C)c(C)c1. The van der Waals surface area contributed by atoms with Crippen molar-refractivity contribution in [1.29, 1.82) is 0 Å². The predicted molar refractivity (Wildman–Crippen MR) is 137 cm³/mol. The molecule has 2 aromatic rings. The Labute approximate surface area is 204 Å². The summed E-state index contributed by atoms with van der Waals surface area (Å²) in [5.74, 6) is 0. The van der Waals surface area contributed by atoms with Crippen molar-refractivity contribution in [2.75, 3.05) is 0 Å². The number of aryl methyl sites for hydroxylation is 4. The zero-order chi connectivity index (χ0) is 23.5. The Kier molecular flexibility index (Phi) is 11.4. The maximum absolute atomic E-state index is 5.65. The molecule has 0 radical (unpaired) electrons. The van der Waals surface area contributed by atoms with Crippen LogP contribution in [0.1, 0.15) is 93.9 Å². The fourth-order valence-corrected chi connectivity index (χ4v) is 4.19. The van der Waals surface area contributed by atoms with Gasteiger partial charge in [0.05, 0.1) is 0 Å². The number of benzene rings is 2. The fourth-order valence-electron chi connectivity index (χ4n) is 3.81. The van der Waals surface area contributed by atoms with E-state index in [1.165, 1.54) is 65.8 Å². The van der Waals surface area contributed by atoms with E-state index in [1.807, 2.05) is 3.66 Å². The molecule has 0 saturated heterocycles. The molecule has 0 atom stereocenters. The molecule has 3 heteroatoms. The summed E-state index contributed by atoms with van der Waals surface area (Å²) in [6.45, 7) is 13.2. The van der Waals surface area contributed by atoms with Gasteiger partial charge in [0.1, 0.15) is 0 Å². The van der Waals surface area contributed by atoms with E-state index >= 15 is 0 Å². The molecule has 0 amide bonds. The number of hydrogen-bond acceptors (Lipinski definition) is 1. The number of hydrogen-bond donors (Lipinski definition) is 0. The van der Waals surface area contributed by atoms with Crippen LogP contribution in [-0.4, -0.2) is 15.1 Å². The van der Waals surface area contributed by atoms with Gasteiger partial charge in [-0.25, -0.2) is 0 Å². The van der Waals surface area contributed by atoms with Gasteiger partial charge in [-0.2, -0.15) is 0 Å². The molecule has 2 nitrogen and oxygen atoms in total. The Morgan fingerprint density at radius 3 is 1.94 bits per heavy atom. The molecule has 0 heterocycles. The summed E-state index contributed by atoms with van der Waals surface area (Å²) in [5, 5.41) is 0. The summed E-state index contributed by atoms with van der Waals surface area (Å²) in [4.78, 5) is 5.20. The first-order valence-corrected chi connectivity index (χ1v) is 12.8. The van der Waals surface area contributed by atoms with Crippen LogP contribution in [0, 0.1) is 27.7 Å². The Hall–Kier alpha value is -1.73. The number of nitrogens with zero attached hydrogens (tertiary/aromatic N) is 2. The minimum absolute atomic E-state index is 0.984. The van der Waals surface area contributed by atoms with E-state index in [0.717, 1.165) is 37.1 Å². The normalized spacial score (nSPS) is 12.8. The van der Waals surface area contributed by atoms with Crippen molar-refractivity contribution in [3.05, 3.63) is 58.7 Å². The van der Waals surface area contributed by atoms with Crippen LogP contribution in [0.2, 0.25) is 0 Å².